The van der Waals surface area contributed by atoms with Crippen LogP contribution < -0.4 is 4.74 Å². The molecular formula is C15H14BrClO2. The fourth-order valence-electron chi connectivity index (χ4n) is 1.72. The molecule has 0 spiro atoms. The quantitative estimate of drug-likeness (QED) is 0.888. The molecule has 19 heavy (non-hydrogen) atoms. The first-order valence-electron chi connectivity index (χ1n) is 5.94. The number of ether oxygens (including phenoxy) is 1. The molecule has 0 aliphatic heterocycles. The second kappa shape index (κ2) is 6.94. The summed E-state index contributed by atoms with van der Waals surface area (Å²) in [5.74, 6) is 0.706. The largest absolute Gasteiger partial charge is 0.491 e. The second-order valence-electron chi connectivity index (χ2n) is 4.25. The van der Waals surface area contributed by atoms with E-state index in [9.17, 15) is 5.11 Å². The van der Waals surface area contributed by atoms with Gasteiger partial charge in [0.1, 0.15) is 12.4 Å². The van der Waals surface area contributed by atoms with E-state index in [4.69, 9.17) is 16.3 Å². The third kappa shape index (κ3) is 4.86. The summed E-state index contributed by atoms with van der Waals surface area (Å²) in [5, 5.41) is 10.6. The molecule has 0 saturated carbocycles. The van der Waals surface area contributed by atoms with Crippen LogP contribution >= 0.6 is 27.5 Å². The molecule has 1 unspecified atom stereocenters. The molecule has 0 aliphatic carbocycles. The summed E-state index contributed by atoms with van der Waals surface area (Å²) in [6.07, 6.45) is 0.0255. The molecule has 1 N–H and O–H groups in total. The zero-order chi connectivity index (χ0) is 13.7. The van der Waals surface area contributed by atoms with Crippen molar-refractivity contribution in [1.29, 1.82) is 0 Å². The minimum Gasteiger partial charge on any atom is -0.491 e. The van der Waals surface area contributed by atoms with Crippen LogP contribution in [0.4, 0.5) is 0 Å². The SMILES string of the molecule is OC(COc1ccc(Cl)cc1)Cc1cccc(Br)c1. The number of hydrogen-bond acceptors (Lipinski definition) is 2. The van der Waals surface area contributed by atoms with Crippen LogP contribution in [0.25, 0.3) is 0 Å². The van der Waals surface area contributed by atoms with Crippen LogP contribution in [0.1, 0.15) is 5.56 Å². The van der Waals surface area contributed by atoms with Crippen molar-refractivity contribution >= 4 is 27.5 Å². The molecule has 0 aromatic heterocycles. The van der Waals surface area contributed by atoms with Crippen molar-refractivity contribution in [1.82, 2.24) is 0 Å². The number of aliphatic hydroxyl groups excluding tert-OH is 1. The van der Waals surface area contributed by atoms with Gasteiger partial charge in [0.25, 0.3) is 0 Å². The van der Waals surface area contributed by atoms with E-state index in [1.807, 2.05) is 24.3 Å². The highest BCUT2D eigenvalue weighted by Gasteiger charge is 2.07. The Morgan fingerprint density at radius 3 is 2.58 bits per heavy atom. The molecule has 4 heteroatoms. The predicted molar refractivity (Wildman–Crippen MR) is 80.8 cm³/mol. The molecule has 2 aromatic rings. The van der Waals surface area contributed by atoms with Gasteiger partial charge in [-0.3, -0.25) is 0 Å². The Kier molecular flexibility index (Phi) is 5.25. The summed E-state index contributed by atoms with van der Waals surface area (Å²) in [6.45, 7) is 0.258. The van der Waals surface area contributed by atoms with E-state index in [2.05, 4.69) is 15.9 Å². The Morgan fingerprint density at radius 2 is 1.89 bits per heavy atom. The van der Waals surface area contributed by atoms with E-state index < -0.39 is 6.10 Å². The highest BCUT2D eigenvalue weighted by Crippen LogP contribution is 2.17. The lowest BCUT2D eigenvalue weighted by Gasteiger charge is -2.12. The number of halogens is 2. The molecular weight excluding hydrogens is 328 g/mol. The molecule has 0 saturated heterocycles. The Hall–Kier alpha value is -1.03. The minimum absolute atomic E-state index is 0.258. The monoisotopic (exact) mass is 340 g/mol. The van der Waals surface area contributed by atoms with E-state index in [1.165, 1.54) is 0 Å². The molecule has 2 aromatic carbocycles. The van der Waals surface area contributed by atoms with Crippen LogP contribution in [0.15, 0.2) is 53.0 Å². The molecule has 0 amide bonds. The van der Waals surface area contributed by atoms with E-state index in [1.54, 1.807) is 24.3 Å². The van der Waals surface area contributed by atoms with Crippen molar-refractivity contribution in [3.63, 3.8) is 0 Å². The molecule has 0 heterocycles. The first kappa shape index (κ1) is 14.4. The maximum atomic E-state index is 9.94. The van der Waals surface area contributed by atoms with Crippen molar-refractivity contribution in [2.24, 2.45) is 0 Å². The number of benzene rings is 2. The van der Waals surface area contributed by atoms with Gasteiger partial charge >= 0.3 is 0 Å². The Morgan fingerprint density at radius 1 is 1.16 bits per heavy atom. The molecule has 2 nitrogen and oxygen atoms in total. The van der Waals surface area contributed by atoms with Gasteiger partial charge in [-0.2, -0.15) is 0 Å². The van der Waals surface area contributed by atoms with Crippen LogP contribution in [-0.2, 0) is 6.42 Å². The maximum absolute atomic E-state index is 9.94. The van der Waals surface area contributed by atoms with Crippen molar-refractivity contribution in [3.8, 4) is 5.75 Å². The summed E-state index contributed by atoms with van der Waals surface area (Å²) in [5.41, 5.74) is 1.07. The van der Waals surface area contributed by atoms with Gasteiger partial charge in [0.05, 0.1) is 6.10 Å². The zero-order valence-electron chi connectivity index (χ0n) is 10.2. The van der Waals surface area contributed by atoms with Crippen molar-refractivity contribution in [3.05, 3.63) is 63.6 Å². The average Bonchev–Trinajstić information content (AvgIpc) is 2.38. The summed E-state index contributed by atoms with van der Waals surface area (Å²) < 4.78 is 6.51. The molecule has 0 bridgehead atoms. The molecule has 100 valence electrons. The lowest BCUT2D eigenvalue weighted by atomic mass is 10.1. The van der Waals surface area contributed by atoms with Crippen LogP contribution in [0.2, 0.25) is 5.02 Å². The van der Waals surface area contributed by atoms with Crippen LogP contribution in [0.5, 0.6) is 5.75 Å². The number of hydrogen-bond donors (Lipinski definition) is 1. The van der Waals surface area contributed by atoms with E-state index >= 15 is 0 Å². The van der Waals surface area contributed by atoms with Crippen LogP contribution in [-0.4, -0.2) is 17.8 Å². The van der Waals surface area contributed by atoms with Gasteiger partial charge < -0.3 is 9.84 Å². The van der Waals surface area contributed by atoms with Crippen molar-refractivity contribution < 1.29 is 9.84 Å². The Bertz CT molecular complexity index is 528. The van der Waals surface area contributed by atoms with E-state index in [-0.39, 0.29) is 6.61 Å². The standard InChI is InChI=1S/C15H14BrClO2/c16-12-3-1-2-11(8-12)9-14(18)10-19-15-6-4-13(17)5-7-15/h1-8,14,18H,9-10H2. The average molecular weight is 342 g/mol. The summed E-state index contributed by atoms with van der Waals surface area (Å²) in [7, 11) is 0. The van der Waals surface area contributed by atoms with Crippen LogP contribution in [0.3, 0.4) is 0 Å². The fraction of sp³-hybridized carbons (Fsp3) is 0.200. The topological polar surface area (TPSA) is 29.5 Å². The molecule has 0 radical (unpaired) electrons. The van der Waals surface area contributed by atoms with E-state index in [0.29, 0.717) is 17.2 Å². The van der Waals surface area contributed by atoms with Crippen LogP contribution in [0, 0.1) is 0 Å². The Labute approximate surface area is 126 Å². The highest BCUT2D eigenvalue weighted by atomic mass is 79.9. The third-order valence-electron chi connectivity index (χ3n) is 2.62. The first-order chi connectivity index (χ1) is 9.13. The van der Waals surface area contributed by atoms with Gasteiger partial charge in [-0.25, -0.2) is 0 Å². The van der Waals surface area contributed by atoms with Gasteiger partial charge in [0.15, 0.2) is 0 Å². The second-order valence-corrected chi connectivity index (χ2v) is 5.60. The smallest absolute Gasteiger partial charge is 0.119 e. The molecule has 2 rings (SSSR count). The highest BCUT2D eigenvalue weighted by molar-refractivity contribution is 9.10. The van der Waals surface area contributed by atoms with Gasteiger partial charge in [-0.15, -0.1) is 0 Å². The lowest BCUT2D eigenvalue weighted by molar-refractivity contribution is 0.108. The maximum Gasteiger partial charge on any atom is 0.119 e. The Balaban J connectivity index is 1.84. The zero-order valence-corrected chi connectivity index (χ0v) is 12.6. The normalized spacial score (nSPS) is 12.2. The number of rotatable bonds is 5. The summed E-state index contributed by atoms with van der Waals surface area (Å²) >= 11 is 9.20. The van der Waals surface area contributed by atoms with Gasteiger partial charge in [-0.1, -0.05) is 39.7 Å². The fourth-order valence-corrected chi connectivity index (χ4v) is 2.29. The minimum atomic E-state index is -0.537. The first-order valence-corrected chi connectivity index (χ1v) is 7.11. The molecule has 0 fully saturated rings. The molecule has 0 aliphatic rings. The van der Waals surface area contributed by atoms with Crippen molar-refractivity contribution in [2.75, 3.05) is 6.61 Å². The lowest BCUT2D eigenvalue weighted by Crippen LogP contribution is -2.20. The third-order valence-corrected chi connectivity index (χ3v) is 3.36. The predicted octanol–water partition coefficient (Wildman–Crippen LogP) is 4.08. The number of aliphatic hydroxyl groups is 1. The van der Waals surface area contributed by atoms with Gasteiger partial charge in [-0.05, 0) is 42.0 Å². The van der Waals surface area contributed by atoms with Crippen molar-refractivity contribution in [2.45, 2.75) is 12.5 Å². The summed E-state index contributed by atoms with van der Waals surface area (Å²) in [4.78, 5) is 0. The van der Waals surface area contributed by atoms with Gasteiger partial charge in [0, 0.05) is 15.9 Å². The molecule has 1 atom stereocenters. The summed E-state index contributed by atoms with van der Waals surface area (Å²) in [6, 6.07) is 15.0. The van der Waals surface area contributed by atoms with Gasteiger partial charge in [0.2, 0.25) is 0 Å². The van der Waals surface area contributed by atoms with E-state index in [0.717, 1.165) is 10.0 Å².